The molecule has 0 aliphatic heterocycles. The van der Waals surface area contributed by atoms with Crippen molar-refractivity contribution >= 4 is 22.7 Å². The van der Waals surface area contributed by atoms with Gasteiger partial charge in [0.2, 0.25) is 0 Å². The fourth-order valence-electron chi connectivity index (χ4n) is 3.01. The van der Waals surface area contributed by atoms with Crippen LogP contribution in [0, 0.1) is 6.92 Å². The minimum absolute atomic E-state index is 0.0115. The van der Waals surface area contributed by atoms with E-state index in [4.69, 9.17) is 4.74 Å². The van der Waals surface area contributed by atoms with Gasteiger partial charge in [-0.05, 0) is 46.8 Å². The Labute approximate surface area is 163 Å². The van der Waals surface area contributed by atoms with Gasteiger partial charge >= 0.3 is 5.97 Å². The van der Waals surface area contributed by atoms with Gasteiger partial charge in [-0.2, -0.15) is 0 Å². The molecule has 0 spiro atoms. The van der Waals surface area contributed by atoms with Crippen LogP contribution in [0.2, 0.25) is 0 Å². The maximum absolute atomic E-state index is 12.3. The number of ketones is 1. The molecule has 0 radical (unpaired) electrons. The van der Waals surface area contributed by atoms with Crippen molar-refractivity contribution in [1.29, 1.82) is 0 Å². The van der Waals surface area contributed by atoms with E-state index in [0.29, 0.717) is 33.4 Å². The number of rotatable bonds is 4. The number of esters is 1. The Morgan fingerprint density at radius 3 is 2.39 bits per heavy atom. The number of fused-ring (bicyclic) bond motifs is 1. The molecule has 0 fully saturated rings. The van der Waals surface area contributed by atoms with Crippen molar-refractivity contribution < 1.29 is 19.4 Å². The first-order chi connectivity index (χ1) is 13.0. The fraction of sp³-hybridized carbons (Fsp3) is 0.333. The van der Waals surface area contributed by atoms with Crippen LogP contribution in [0.1, 0.15) is 43.9 Å². The average molecular weight is 381 g/mol. The molecule has 7 heteroatoms. The third kappa shape index (κ3) is 4.03. The van der Waals surface area contributed by atoms with Gasteiger partial charge in [-0.15, -0.1) is 0 Å². The van der Waals surface area contributed by atoms with E-state index in [2.05, 4.69) is 9.97 Å². The summed E-state index contributed by atoms with van der Waals surface area (Å²) in [4.78, 5) is 32.7. The number of hydrogen-bond donors (Lipinski definition) is 1. The van der Waals surface area contributed by atoms with E-state index < -0.39 is 11.6 Å². The van der Waals surface area contributed by atoms with Crippen LogP contribution >= 0.6 is 0 Å². The van der Waals surface area contributed by atoms with Gasteiger partial charge in [-0.1, -0.05) is 0 Å². The Kier molecular flexibility index (Phi) is 4.93. The minimum atomic E-state index is -0.605. The molecule has 0 unspecified atom stereocenters. The van der Waals surface area contributed by atoms with Crippen LogP contribution < -0.4 is 0 Å². The number of phenols is 1. The van der Waals surface area contributed by atoms with E-state index in [-0.39, 0.29) is 18.1 Å². The Morgan fingerprint density at radius 1 is 1.18 bits per heavy atom. The zero-order chi connectivity index (χ0) is 20.6. The second-order valence-corrected chi connectivity index (χ2v) is 7.72. The number of aromatic nitrogens is 3. The summed E-state index contributed by atoms with van der Waals surface area (Å²) in [5.41, 5.74) is 1.63. The van der Waals surface area contributed by atoms with Gasteiger partial charge in [0.25, 0.3) is 0 Å². The first kappa shape index (κ1) is 19.5. The topological polar surface area (TPSA) is 94.3 Å². The second kappa shape index (κ2) is 7.07. The van der Waals surface area contributed by atoms with Gasteiger partial charge in [0, 0.05) is 40.7 Å². The van der Waals surface area contributed by atoms with Crippen molar-refractivity contribution in [2.75, 3.05) is 0 Å². The minimum Gasteiger partial charge on any atom is -0.507 e. The van der Waals surface area contributed by atoms with E-state index in [1.54, 1.807) is 56.9 Å². The molecule has 2 aromatic heterocycles. The maximum Gasteiger partial charge on any atom is 0.326 e. The van der Waals surface area contributed by atoms with Crippen molar-refractivity contribution in [3.8, 4) is 16.9 Å². The molecule has 3 aromatic rings. The molecule has 1 N–H and O–H groups in total. The molecular weight excluding hydrogens is 358 g/mol. The quantitative estimate of drug-likeness (QED) is 0.547. The van der Waals surface area contributed by atoms with E-state index in [1.165, 1.54) is 13.0 Å². The number of carbonyl (C=O) groups is 2. The molecule has 0 atom stereocenters. The van der Waals surface area contributed by atoms with Gasteiger partial charge in [0.15, 0.2) is 5.78 Å². The summed E-state index contributed by atoms with van der Waals surface area (Å²) in [7, 11) is 0. The summed E-state index contributed by atoms with van der Waals surface area (Å²) in [5.74, 6) is 0.0699. The number of ether oxygens (including phenoxy) is 1. The molecule has 7 nitrogen and oxygen atoms in total. The molecular formula is C21H23N3O4. The Hall–Kier alpha value is -3.22. The zero-order valence-electron chi connectivity index (χ0n) is 16.6. The number of carbonyl (C=O) groups excluding carboxylic acids is 2. The Morgan fingerprint density at radius 2 is 1.82 bits per heavy atom. The van der Waals surface area contributed by atoms with Crippen LogP contribution in [0.25, 0.3) is 22.0 Å². The second-order valence-electron chi connectivity index (χ2n) is 7.72. The number of nitrogens with zero attached hydrogens (tertiary/aromatic N) is 3. The summed E-state index contributed by atoms with van der Waals surface area (Å²) >= 11 is 0. The predicted molar refractivity (Wildman–Crippen MR) is 105 cm³/mol. The molecule has 146 valence electrons. The number of aryl methyl sites for hydroxylation is 1. The third-order valence-corrected chi connectivity index (χ3v) is 4.19. The highest BCUT2D eigenvalue weighted by molar-refractivity contribution is 6.08. The normalized spacial score (nSPS) is 11.6. The predicted octanol–water partition coefficient (Wildman–Crippen LogP) is 3.66. The summed E-state index contributed by atoms with van der Waals surface area (Å²) in [6, 6.07) is 3.27. The van der Waals surface area contributed by atoms with E-state index in [0.717, 1.165) is 0 Å². The number of Topliss-reactive ketones (excluding diaryl/α,β-unsaturated/α-hetero) is 1. The van der Waals surface area contributed by atoms with Crippen LogP contribution in [-0.2, 0) is 16.1 Å². The number of benzene rings is 1. The van der Waals surface area contributed by atoms with Gasteiger partial charge in [-0.25, -0.2) is 9.97 Å². The Balaban J connectivity index is 2.12. The van der Waals surface area contributed by atoms with E-state index >= 15 is 0 Å². The molecule has 0 amide bonds. The maximum atomic E-state index is 12.3. The lowest BCUT2D eigenvalue weighted by Gasteiger charge is -2.19. The van der Waals surface area contributed by atoms with Crippen LogP contribution in [0.5, 0.6) is 5.75 Å². The van der Waals surface area contributed by atoms with Gasteiger partial charge in [0.1, 0.15) is 23.7 Å². The molecule has 28 heavy (non-hydrogen) atoms. The lowest BCUT2D eigenvalue weighted by Crippen LogP contribution is -2.26. The monoisotopic (exact) mass is 381 g/mol. The van der Waals surface area contributed by atoms with Gasteiger partial charge < -0.3 is 14.4 Å². The van der Waals surface area contributed by atoms with Gasteiger partial charge in [0.05, 0.1) is 5.52 Å². The van der Waals surface area contributed by atoms with Crippen LogP contribution in [0.15, 0.2) is 30.7 Å². The smallest absolute Gasteiger partial charge is 0.326 e. The first-order valence-corrected chi connectivity index (χ1v) is 8.93. The summed E-state index contributed by atoms with van der Waals surface area (Å²) in [6.45, 7) is 8.58. The number of phenolic OH excluding ortho intramolecular Hbond substituents is 1. The largest absolute Gasteiger partial charge is 0.507 e. The van der Waals surface area contributed by atoms with Crippen molar-refractivity contribution in [2.24, 2.45) is 0 Å². The van der Waals surface area contributed by atoms with E-state index in [1.807, 2.05) is 0 Å². The molecule has 0 saturated heterocycles. The fourth-order valence-corrected chi connectivity index (χ4v) is 3.01. The lowest BCUT2D eigenvalue weighted by molar-refractivity contribution is -0.155. The number of hydrogen-bond acceptors (Lipinski definition) is 6. The molecule has 2 heterocycles. The summed E-state index contributed by atoms with van der Waals surface area (Å²) in [5, 5.41) is 11.1. The molecule has 1 aromatic carbocycles. The molecule has 0 saturated carbocycles. The van der Waals surface area contributed by atoms with Crippen LogP contribution in [-0.4, -0.2) is 37.0 Å². The molecule has 3 rings (SSSR count). The average Bonchev–Trinajstić information content (AvgIpc) is 2.91. The molecule has 0 bridgehead atoms. The van der Waals surface area contributed by atoms with Crippen molar-refractivity contribution in [3.63, 3.8) is 0 Å². The molecule has 0 aliphatic carbocycles. The zero-order valence-corrected chi connectivity index (χ0v) is 16.6. The van der Waals surface area contributed by atoms with Crippen molar-refractivity contribution in [2.45, 2.75) is 46.8 Å². The Bertz CT molecular complexity index is 1060. The highest BCUT2D eigenvalue weighted by atomic mass is 16.6. The third-order valence-electron chi connectivity index (χ3n) is 4.19. The summed E-state index contributed by atoms with van der Waals surface area (Å²) in [6.07, 6.45) is 4.86. The highest BCUT2D eigenvalue weighted by Gasteiger charge is 2.20. The van der Waals surface area contributed by atoms with Crippen LogP contribution in [0.4, 0.5) is 0 Å². The molecule has 0 aliphatic rings. The lowest BCUT2D eigenvalue weighted by atomic mass is 10.0. The van der Waals surface area contributed by atoms with Crippen molar-refractivity contribution in [1.82, 2.24) is 14.5 Å². The standard InChI is InChI=1S/C21H23N3O4/c1-12(25)17-10-24(11-20(27)28-21(3,4)5)18-6-15(19(26)7-16(17)18)14-8-22-13(2)23-9-14/h6-10,26H,11H2,1-5H3. The SMILES string of the molecule is CC(=O)c1cn(CC(=O)OC(C)(C)C)c2cc(-c3cnc(C)nc3)c(O)cc12. The van der Waals surface area contributed by atoms with Crippen LogP contribution in [0.3, 0.4) is 0 Å². The highest BCUT2D eigenvalue weighted by Crippen LogP contribution is 2.35. The van der Waals surface area contributed by atoms with E-state index in [9.17, 15) is 14.7 Å². The first-order valence-electron chi connectivity index (χ1n) is 8.93. The van der Waals surface area contributed by atoms with Crippen molar-refractivity contribution in [3.05, 3.63) is 42.1 Å². The van der Waals surface area contributed by atoms with Gasteiger partial charge in [-0.3, -0.25) is 9.59 Å². The summed E-state index contributed by atoms with van der Waals surface area (Å²) < 4.78 is 7.06. The number of aromatic hydroxyl groups is 1.